The molecule has 0 aromatic heterocycles. The number of hydrogen-bond donors (Lipinski definition) is 0. The standard InChI is InChI=1S/C10H11Cl3O/c1-7-5-8(12)10(9(13)6-7)14-4-2-3-11/h5-6H,2-4H2,1H3. The highest BCUT2D eigenvalue weighted by molar-refractivity contribution is 6.37. The number of ether oxygens (including phenoxy) is 1. The zero-order valence-corrected chi connectivity index (χ0v) is 10.1. The van der Waals surface area contributed by atoms with Gasteiger partial charge in [-0.25, -0.2) is 0 Å². The van der Waals surface area contributed by atoms with Crippen LogP contribution < -0.4 is 4.74 Å². The Morgan fingerprint density at radius 1 is 1.21 bits per heavy atom. The zero-order valence-electron chi connectivity index (χ0n) is 7.82. The Labute approximate surface area is 98.9 Å². The van der Waals surface area contributed by atoms with Crippen molar-refractivity contribution < 1.29 is 4.74 Å². The van der Waals surface area contributed by atoms with Gasteiger partial charge in [0, 0.05) is 5.88 Å². The molecule has 0 bridgehead atoms. The van der Waals surface area contributed by atoms with Crippen molar-refractivity contribution in [2.75, 3.05) is 12.5 Å². The van der Waals surface area contributed by atoms with Gasteiger partial charge >= 0.3 is 0 Å². The minimum absolute atomic E-state index is 0.534. The molecule has 0 saturated carbocycles. The lowest BCUT2D eigenvalue weighted by molar-refractivity contribution is 0.318. The molecule has 0 N–H and O–H groups in total. The van der Waals surface area contributed by atoms with E-state index in [-0.39, 0.29) is 0 Å². The van der Waals surface area contributed by atoms with Gasteiger partial charge in [-0.1, -0.05) is 23.2 Å². The number of aryl methyl sites for hydroxylation is 1. The Balaban J connectivity index is 2.75. The van der Waals surface area contributed by atoms with Crippen molar-refractivity contribution in [2.24, 2.45) is 0 Å². The van der Waals surface area contributed by atoms with Crippen LogP contribution in [0.1, 0.15) is 12.0 Å². The van der Waals surface area contributed by atoms with Crippen LogP contribution in [0.15, 0.2) is 12.1 Å². The lowest BCUT2D eigenvalue weighted by Gasteiger charge is -2.09. The average molecular weight is 254 g/mol. The fourth-order valence-electron chi connectivity index (χ4n) is 1.05. The average Bonchev–Trinajstić information content (AvgIpc) is 2.09. The summed E-state index contributed by atoms with van der Waals surface area (Å²) in [6, 6.07) is 3.65. The van der Waals surface area contributed by atoms with E-state index in [9.17, 15) is 0 Å². The Kier molecular flexibility index (Phi) is 4.86. The Bertz CT molecular complexity index is 289. The van der Waals surface area contributed by atoms with E-state index in [1.807, 2.05) is 19.1 Å². The molecule has 1 nitrogen and oxygen atoms in total. The van der Waals surface area contributed by atoms with Gasteiger partial charge in [-0.3, -0.25) is 0 Å². The van der Waals surface area contributed by atoms with Crippen molar-refractivity contribution in [3.8, 4) is 5.75 Å². The van der Waals surface area contributed by atoms with Crippen LogP contribution in [-0.2, 0) is 0 Å². The van der Waals surface area contributed by atoms with Gasteiger partial charge in [-0.05, 0) is 31.0 Å². The van der Waals surface area contributed by atoms with E-state index in [1.165, 1.54) is 0 Å². The smallest absolute Gasteiger partial charge is 0.156 e. The molecule has 0 aliphatic rings. The fraction of sp³-hybridized carbons (Fsp3) is 0.400. The van der Waals surface area contributed by atoms with Gasteiger partial charge in [0.25, 0.3) is 0 Å². The molecule has 0 fully saturated rings. The van der Waals surface area contributed by atoms with Crippen molar-refractivity contribution >= 4 is 34.8 Å². The molecular formula is C10H11Cl3O. The van der Waals surface area contributed by atoms with Crippen LogP contribution in [0, 0.1) is 6.92 Å². The Morgan fingerprint density at radius 3 is 2.29 bits per heavy atom. The van der Waals surface area contributed by atoms with Gasteiger partial charge in [0.1, 0.15) is 0 Å². The molecule has 0 heterocycles. The van der Waals surface area contributed by atoms with Crippen molar-refractivity contribution in [1.82, 2.24) is 0 Å². The largest absolute Gasteiger partial charge is 0.490 e. The predicted octanol–water partition coefficient (Wildman–Crippen LogP) is 4.31. The third kappa shape index (κ3) is 3.23. The van der Waals surface area contributed by atoms with Crippen LogP contribution >= 0.6 is 34.8 Å². The van der Waals surface area contributed by atoms with E-state index in [0.717, 1.165) is 12.0 Å². The van der Waals surface area contributed by atoms with E-state index in [1.54, 1.807) is 0 Å². The van der Waals surface area contributed by atoms with Crippen LogP contribution in [-0.4, -0.2) is 12.5 Å². The lowest BCUT2D eigenvalue weighted by Crippen LogP contribution is -1.99. The second-order valence-corrected chi connectivity index (χ2v) is 4.14. The predicted molar refractivity (Wildman–Crippen MR) is 62.0 cm³/mol. The molecule has 1 rings (SSSR count). The first-order chi connectivity index (χ1) is 6.65. The second-order valence-electron chi connectivity index (χ2n) is 2.95. The Hall–Kier alpha value is -0.110. The summed E-state index contributed by atoms with van der Waals surface area (Å²) in [5.41, 5.74) is 1.02. The van der Waals surface area contributed by atoms with Crippen molar-refractivity contribution in [1.29, 1.82) is 0 Å². The van der Waals surface area contributed by atoms with Gasteiger partial charge in [-0.2, -0.15) is 0 Å². The first kappa shape index (κ1) is 12.0. The molecule has 0 aliphatic carbocycles. The maximum Gasteiger partial charge on any atom is 0.156 e. The monoisotopic (exact) mass is 252 g/mol. The first-order valence-electron chi connectivity index (χ1n) is 4.29. The van der Waals surface area contributed by atoms with E-state index >= 15 is 0 Å². The Morgan fingerprint density at radius 2 is 1.79 bits per heavy atom. The summed E-state index contributed by atoms with van der Waals surface area (Å²) in [5, 5.41) is 1.09. The summed E-state index contributed by atoms with van der Waals surface area (Å²) in [4.78, 5) is 0. The lowest BCUT2D eigenvalue weighted by atomic mass is 10.2. The fourth-order valence-corrected chi connectivity index (χ4v) is 1.87. The number of halogens is 3. The maximum absolute atomic E-state index is 5.97. The molecule has 0 saturated heterocycles. The summed E-state index contributed by atoms with van der Waals surface area (Å²) in [6.07, 6.45) is 0.780. The van der Waals surface area contributed by atoms with E-state index in [2.05, 4.69) is 0 Å². The van der Waals surface area contributed by atoms with Crippen molar-refractivity contribution in [2.45, 2.75) is 13.3 Å². The highest BCUT2D eigenvalue weighted by Gasteiger charge is 2.07. The molecule has 4 heteroatoms. The topological polar surface area (TPSA) is 9.23 Å². The highest BCUT2D eigenvalue weighted by Crippen LogP contribution is 2.33. The molecule has 0 amide bonds. The SMILES string of the molecule is Cc1cc(Cl)c(OCCCCl)c(Cl)c1. The van der Waals surface area contributed by atoms with Crippen LogP contribution in [0.25, 0.3) is 0 Å². The second kappa shape index (κ2) is 5.69. The molecule has 1 aromatic carbocycles. The van der Waals surface area contributed by atoms with Crippen LogP contribution in [0.4, 0.5) is 0 Å². The highest BCUT2D eigenvalue weighted by atomic mass is 35.5. The van der Waals surface area contributed by atoms with E-state index in [4.69, 9.17) is 39.5 Å². The van der Waals surface area contributed by atoms with Gasteiger partial charge in [0.15, 0.2) is 5.75 Å². The number of hydrogen-bond acceptors (Lipinski definition) is 1. The summed E-state index contributed by atoms with van der Waals surface area (Å²) >= 11 is 17.5. The van der Waals surface area contributed by atoms with E-state index in [0.29, 0.717) is 28.3 Å². The summed E-state index contributed by atoms with van der Waals surface area (Å²) < 4.78 is 5.41. The zero-order chi connectivity index (χ0) is 10.6. The summed E-state index contributed by atoms with van der Waals surface area (Å²) in [7, 11) is 0. The molecule has 0 unspecified atom stereocenters. The van der Waals surface area contributed by atoms with Gasteiger partial charge in [0.05, 0.1) is 16.7 Å². The van der Waals surface area contributed by atoms with Crippen LogP contribution in [0.2, 0.25) is 10.0 Å². The first-order valence-corrected chi connectivity index (χ1v) is 5.58. The molecule has 0 spiro atoms. The number of benzene rings is 1. The summed E-state index contributed by atoms with van der Waals surface area (Å²) in [5.74, 6) is 1.12. The third-order valence-electron chi connectivity index (χ3n) is 1.67. The summed E-state index contributed by atoms with van der Waals surface area (Å²) in [6.45, 7) is 2.46. The molecular weight excluding hydrogens is 242 g/mol. The third-order valence-corrected chi connectivity index (χ3v) is 2.50. The van der Waals surface area contributed by atoms with Crippen molar-refractivity contribution in [3.63, 3.8) is 0 Å². The normalized spacial score (nSPS) is 10.3. The van der Waals surface area contributed by atoms with Crippen molar-refractivity contribution in [3.05, 3.63) is 27.7 Å². The minimum atomic E-state index is 0.534. The van der Waals surface area contributed by atoms with E-state index < -0.39 is 0 Å². The molecule has 1 aromatic rings. The molecule has 0 atom stereocenters. The van der Waals surface area contributed by atoms with Crippen LogP contribution in [0.5, 0.6) is 5.75 Å². The quantitative estimate of drug-likeness (QED) is 0.574. The number of alkyl halides is 1. The minimum Gasteiger partial charge on any atom is -0.490 e. The van der Waals surface area contributed by atoms with Gasteiger partial charge in [0.2, 0.25) is 0 Å². The van der Waals surface area contributed by atoms with Crippen LogP contribution in [0.3, 0.4) is 0 Å². The van der Waals surface area contributed by atoms with Gasteiger partial charge < -0.3 is 4.74 Å². The molecule has 0 radical (unpaired) electrons. The molecule has 0 aliphatic heterocycles. The molecule has 14 heavy (non-hydrogen) atoms. The maximum atomic E-state index is 5.97. The number of rotatable bonds is 4. The van der Waals surface area contributed by atoms with Gasteiger partial charge in [-0.15, -0.1) is 11.6 Å². The molecule has 78 valence electrons.